The van der Waals surface area contributed by atoms with Crippen molar-refractivity contribution in [3.05, 3.63) is 69.8 Å². The van der Waals surface area contributed by atoms with E-state index >= 15 is 0 Å². The molecule has 1 amide bonds. The van der Waals surface area contributed by atoms with Crippen LogP contribution in [0.5, 0.6) is 0 Å². The predicted molar refractivity (Wildman–Crippen MR) is 109 cm³/mol. The number of rotatable bonds is 5. The summed E-state index contributed by atoms with van der Waals surface area (Å²) in [5.74, 6) is -0.913. The topological polar surface area (TPSA) is 68.3 Å². The van der Waals surface area contributed by atoms with E-state index in [0.29, 0.717) is 17.7 Å². The summed E-state index contributed by atoms with van der Waals surface area (Å²) in [6.07, 6.45) is 0.709. The van der Waals surface area contributed by atoms with Gasteiger partial charge in [-0.25, -0.2) is 4.79 Å². The molecule has 1 N–H and O–H groups in total. The summed E-state index contributed by atoms with van der Waals surface area (Å²) >= 11 is 3.34. The van der Waals surface area contributed by atoms with Crippen LogP contribution in [0.4, 0.5) is 5.69 Å². The van der Waals surface area contributed by atoms with Crippen LogP contribution >= 0.6 is 15.9 Å². The number of ether oxygens (including phenoxy) is 1. The van der Waals surface area contributed by atoms with Gasteiger partial charge in [-0.3, -0.25) is 9.78 Å². The van der Waals surface area contributed by atoms with Crippen molar-refractivity contribution in [3.8, 4) is 0 Å². The molecule has 0 fully saturated rings. The third-order valence-electron chi connectivity index (χ3n) is 4.24. The largest absolute Gasteiger partial charge is 0.452 e. The van der Waals surface area contributed by atoms with Crippen molar-refractivity contribution in [1.29, 1.82) is 0 Å². The highest BCUT2D eigenvalue weighted by atomic mass is 79.9. The summed E-state index contributed by atoms with van der Waals surface area (Å²) in [6.45, 7) is 3.49. The Morgan fingerprint density at radius 3 is 2.52 bits per heavy atom. The lowest BCUT2D eigenvalue weighted by Crippen LogP contribution is -2.21. The van der Waals surface area contributed by atoms with Gasteiger partial charge in [-0.05, 0) is 49.2 Å². The molecule has 2 aromatic carbocycles. The number of anilines is 1. The summed E-state index contributed by atoms with van der Waals surface area (Å²) in [7, 11) is 0. The molecule has 27 heavy (non-hydrogen) atoms. The van der Waals surface area contributed by atoms with Crippen LogP contribution in [-0.2, 0) is 16.0 Å². The standard InChI is InChI=1S/C21H19BrN2O3/c1-3-17-13(2)20(16-6-4-5-7-18(16)24-17)21(26)27-12-19(25)23-15-10-8-14(22)9-11-15/h4-11H,3,12H2,1-2H3,(H,23,25). The fraction of sp³-hybridized carbons (Fsp3) is 0.190. The smallest absolute Gasteiger partial charge is 0.339 e. The number of aromatic nitrogens is 1. The van der Waals surface area contributed by atoms with Gasteiger partial charge in [0.25, 0.3) is 5.91 Å². The first-order chi connectivity index (χ1) is 13.0. The van der Waals surface area contributed by atoms with E-state index in [1.165, 1.54) is 0 Å². The Morgan fingerprint density at radius 1 is 1.11 bits per heavy atom. The zero-order valence-electron chi connectivity index (χ0n) is 15.1. The number of para-hydroxylation sites is 1. The number of carbonyl (C=O) groups excluding carboxylic acids is 2. The number of esters is 1. The number of nitrogens with zero attached hydrogens (tertiary/aromatic N) is 1. The third-order valence-corrected chi connectivity index (χ3v) is 4.77. The van der Waals surface area contributed by atoms with E-state index in [0.717, 1.165) is 26.6 Å². The molecule has 3 aromatic rings. The maximum absolute atomic E-state index is 12.7. The van der Waals surface area contributed by atoms with Crippen molar-refractivity contribution < 1.29 is 14.3 Å². The minimum Gasteiger partial charge on any atom is -0.452 e. The zero-order chi connectivity index (χ0) is 19.4. The first-order valence-electron chi connectivity index (χ1n) is 8.60. The molecule has 0 aliphatic rings. The number of amides is 1. The van der Waals surface area contributed by atoms with Crippen molar-refractivity contribution in [3.63, 3.8) is 0 Å². The molecule has 0 spiro atoms. The van der Waals surface area contributed by atoms with E-state index in [9.17, 15) is 9.59 Å². The molecular weight excluding hydrogens is 408 g/mol. The molecule has 0 bridgehead atoms. The molecule has 0 atom stereocenters. The molecule has 3 rings (SSSR count). The number of hydrogen-bond donors (Lipinski definition) is 1. The van der Waals surface area contributed by atoms with Crippen LogP contribution in [-0.4, -0.2) is 23.5 Å². The van der Waals surface area contributed by atoms with Gasteiger partial charge < -0.3 is 10.1 Å². The van der Waals surface area contributed by atoms with Crippen LogP contribution in [0.2, 0.25) is 0 Å². The van der Waals surface area contributed by atoms with Gasteiger partial charge in [0.1, 0.15) is 0 Å². The van der Waals surface area contributed by atoms with Crippen LogP contribution in [0.15, 0.2) is 53.0 Å². The second-order valence-corrected chi connectivity index (χ2v) is 6.98. The monoisotopic (exact) mass is 426 g/mol. The van der Waals surface area contributed by atoms with Crippen molar-refractivity contribution in [2.45, 2.75) is 20.3 Å². The second kappa shape index (κ2) is 8.31. The lowest BCUT2D eigenvalue weighted by atomic mass is 10.0. The molecule has 5 nitrogen and oxygen atoms in total. The molecule has 0 saturated heterocycles. The van der Waals surface area contributed by atoms with E-state index in [1.54, 1.807) is 12.1 Å². The Hall–Kier alpha value is -2.73. The first kappa shape index (κ1) is 19.0. The molecule has 6 heteroatoms. The molecular formula is C21H19BrN2O3. The van der Waals surface area contributed by atoms with Crippen LogP contribution in [0.25, 0.3) is 10.9 Å². The Labute approximate surface area is 165 Å². The molecule has 138 valence electrons. The Morgan fingerprint density at radius 2 is 1.81 bits per heavy atom. The van der Waals surface area contributed by atoms with Crippen molar-refractivity contribution >= 4 is 44.4 Å². The van der Waals surface area contributed by atoms with Crippen molar-refractivity contribution in [2.75, 3.05) is 11.9 Å². The highest BCUT2D eigenvalue weighted by molar-refractivity contribution is 9.10. The quantitative estimate of drug-likeness (QED) is 0.602. The first-order valence-corrected chi connectivity index (χ1v) is 9.39. The normalized spacial score (nSPS) is 10.6. The number of fused-ring (bicyclic) bond motifs is 1. The highest BCUT2D eigenvalue weighted by Crippen LogP contribution is 2.24. The summed E-state index contributed by atoms with van der Waals surface area (Å²) in [6, 6.07) is 14.6. The molecule has 0 aliphatic carbocycles. The summed E-state index contributed by atoms with van der Waals surface area (Å²) in [4.78, 5) is 29.4. The number of hydrogen-bond acceptors (Lipinski definition) is 4. The average molecular weight is 427 g/mol. The maximum atomic E-state index is 12.7. The van der Waals surface area contributed by atoms with Crippen LogP contribution < -0.4 is 5.32 Å². The minimum atomic E-state index is -0.522. The van der Waals surface area contributed by atoms with E-state index in [4.69, 9.17) is 4.74 Å². The van der Waals surface area contributed by atoms with E-state index in [-0.39, 0.29) is 6.61 Å². The van der Waals surface area contributed by atoms with E-state index < -0.39 is 11.9 Å². The molecule has 0 saturated carbocycles. The highest BCUT2D eigenvalue weighted by Gasteiger charge is 2.19. The molecule has 0 radical (unpaired) electrons. The van der Waals surface area contributed by atoms with Crippen molar-refractivity contribution in [1.82, 2.24) is 4.98 Å². The van der Waals surface area contributed by atoms with Crippen LogP contribution in [0.1, 0.15) is 28.5 Å². The van der Waals surface area contributed by atoms with Crippen molar-refractivity contribution in [2.24, 2.45) is 0 Å². The van der Waals surface area contributed by atoms with Gasteiger partial charge in [-0.1, -0.05) is 41.1 Å². The van der Waals surface area contributed by atoms with E-state index in [2.05, 4.69) is 26.2 Å². The Bertz CT molecular complexity index is 1000. The number of aryl methyl sites for hydroxylation is 1. The zero-order valence-corrected chi connectivity index (χ0v) is 16.7. The SMILES string of the molecule is CCc1nc2ccccc2c(C(=O)OCC(=O)Nc2ccc(Br)cc2)c1C. The molecule has 1 heterocycles. The van der Waals surface area contributed by atoms with E-state index in [1.807, 2.05) is 50.2 Å². The Kier molecular flexibility index (Phi) is 5.86. The number of halogens is 1. The predicted octanol–water partition coefficient (Wildman–Crippen LogP) is 4.66. The van der Waals surface area contributed by atoms with Gasteiger partial charge in [0, 0.05) is 21.2 Å². The number of benzene rings is 2. The number of carbonyl (C=O) groups is 2. The third kappa shape index (κ3) is 4.34. The number of pyridine rings is 1. The summed E-state index contributed by atoms with van der Waals surface area (Å²) < 4.78 is 6.20. The van der Waals surface area contributed by atoms with Gasteiger partial charge in [0.15, 0.2) is 6.61 Å². The Balaban J connectivity index is 1.77. The molecule has 0 unspecified atom stereocenters. The maximum Gasteiger partial charge on any atom is 0.339 e. The fourth-order valence-corrected chi connectivity index (χ4v) is 3.16. The summed E-state index contributed by atoms with van der Waals surface area (Å²) in [5, 5.41) is 3.43. The van der Waals surface area contributed by atoms with Crippen LogP contribution in [0.3, 0.4) is 0 Å². The molecule has 1 aromatic heterocycles. The average Bonchev–Trinajstić information content (AvgIpc) is 2.67. The second-order valence-electron chi connectivity index (χ2n) is 6.06. The van der Waals surface area contributed by atoms with Gasteiger partial charge in [0.05, 0.1) is 11.1 Å². The van der Waals surface area contributed by atoms with Crippen LogP contribution in [0, 0.1) is 6.92 Å². The lowest BCUT2D eigenvalue weighted by Gasteiger charge is -2.13. The minimum absolute atomic E-state index is 0.355. The lowest BCUT2D eigenvalue weighted by molar-refractivity contribution is -0.119. The van der Waals surface area contributed by atoms with Gasteiger partial charge >= 0.3 is 5.97 Å². The summed E-state index contributed by atoms with van der Waals surface area (Å²) in [5.41, 5.74) is 3.48. The number of nitrogens with one attached hydrogen (secondary N) is 1. The van der Waals surface area contributed by atoms with Gasteiger partial charge in [0.2, 0.25) is 0 Å². The fourth-order valence-electron chi connectivity index (χ4n) is 2.90. The van der Waals surface area contributed by atoms with Gasteiger partial charge in [-0.2, -0.15) is 0 Å². The van der Waals surface area contributed by atoms with Gasteiger partial charge in [-0.15, -0.1) is 0 Å². The molecule has 0 aliphatic heterocycles.